The number of ether oxygens (including phenoxy) is 1. The SMILES string of the molecule is CCOC(=O)c1ccc2c(=O)c(C)cn(C)c2c1. The number of carbonyl (C=O) groups excluding carboxylic acids is 1. The Morgan fingerprint density at radius 2 is 2.11 bits per heavy atom. The molecule has 1 aromatic carbocycles. The van der Waals surface area contributed by atoms with Crippen molar-refractivity contribution in [2.24, 2.45) is 7.05 Å². The topological polar surface area (TPSA) is 48.3 Å². The Morgan fingerprint density at radius 3 is 2.78 bits per heavy atom. The first-order chi connectivity index (χ1) is 8.54. The van der Waals surface area contributed by atoms with Crippen molar-refractivity contribution in [1.29, 1.82) is 0 Å². The summed E-state index contributed by atoms with van der Waals surface area (Å²) in [5.74, 6) is -0.368. The number of aromatic nitrogens is 1. The molecule has 1 aromatic heterocycles. The number of hydrogen-bond acceptors (Lipinski definition) is 3. The highest BCUT2D eigenvalue weighted by atomic mass is 16.5. The molecule has 1 heterocycles. The van der Waals surface area contributed by atoms with Crippen molar-refractivity contribution in [3.05, 3.63) is 45.7 Å². The van der Waals surface area contributed by atoms with E-state index in [4.69, 9.17) is 4.74 Å². The van der Waals surface area contributed by atoms with Gasteiger partial charge in [0.1, 0.15) is 0 Å². The van der Waals surface area contributed by atoms with Gasteiger partial charge >= 0.3 is 5.97 Å². The van der Waals surface area contributed by atoms with Crippen molar-refractivity contribution in [1.82, 2.24) is 4.57 Å². The van der Waals surface area contributed by atoms with Gasteiger partial charge in [0.25, 0.3) is 0 Å². The van der Waals surface area contributed by atoms with Crippen LogP contribution in [0, 0.1) is 6.92 Å². The normalized spacial score (nSPS) is 10.6. The van der Waals surface area contributed by atoms with E-state index in [-0.39, 0.29) is 11.4 Å². The number of aryl methyl sites for hydroxylation is 2. The van der Waals surface area contributed by atoms with Gasteiger partial charge in [0, 0.05) is 24.2 Å². The molecule has 0 bridgehead atoms. The third kappa shape index (κ3) is 2.01. The number of pyridine rings is 1. The van der Waals surface area contributed by atoms with E-state index in [1.54, 1.807) is 38.2 Å². The van der Waals surface area contributed by atoms with Crippen LogP contribution in [-0.2, 0) is 11.8 Å². The van der Waals surface area contributed by atoms with E-state index in [2.05, 4.69) is 0 Å². The van der Waals surface area contributed by atoms with Crippen LogP contribution in [0.25, 0.3) is 10.9 Å². The van der Waals surface area contributed by atoms with Crippen molar-refractivity contribution < 1.29 is 9.53 Å². The third-order valence-corrected chi connectivity index (χ3v) is 2.88. The lowest BCUT2D eigenvalue weighted by Gasteiger charge is -2.08. The Bertz CT molecular complexity index is 671. The highest BCUT2D eigenvalue weighted by Gasteiger charge is 2.10. The summed E-state index contributed by atoms with van der Waals surface area (Å²) in [6.07, 6.45) is 1.76. The molecule has 0 amide bonds. The van der Waals surface area contributed by atoms with Gasteiger partial charge in [-0.05, 0) is 32.0 Å². The van der Waals surface area contributed by atoms with E-state index in [0.717, 1.165) is 5.52 Å². The first-order valence-corrected chi connectivity index (χ1v) is 5.81. The molecule has 0 saturated heterocycles. The van der Waals surface area contributed by atoms with Crippen LogP contribution in [0.4, 0.5) is 0 Å². The van der Waals surface area contributed by atoms with E-state index in [1.165, 1.54) is 0 Å². The summed E-state index contributed by atoms with van der Waals surface area (Å²) in [4.78, 5) is 23.6. The van der Waals surface area contributed by atoms with Gasteiger partial charge in [-0.2, -0.15) is 0 Å². The predicted molar refractivity (Wildman–Crippen MR) is 69.9 cm³/mol. The van der Waals surface area contributed by atoms with Crippen molar-refractivity contribution in [2.45, 2.75) is 13.8 Å². The minimum atomic E-state index is -0.368. The average Bonchev–Trinajstić information content (AvgIpc) is 2.36. The standard InChI is InChI=1S/C14H15NO3/c1-4-18-14(17)10-5-6-11-12(7-10)15(3)8-9(2)13(11)16/h5-8H,4H2,1-3H3. The second kappa shape index (κ2) is 4.64. The monoisotopic (exact) mass is 245 g/mol. The quantitative estimate of drug-likeness (QED) is 0.760. The van der Waals surface area contributed by atoms with Gasteiger partial charge in [-0.25, -0.2) is 4.79 Å². The minimum Gasteiger partial charge on any atom is -0.462 e. The summed E-state index contributed by atoms with van der Waals surface area (Å²) in [7, 11) is 1.85. The Balaban J connectivity index is 2.66. The van der Waals surface area contributed by atoms with E-state index < -0.39 is 0 Å². The van der Waals surface area contributed by atoms with Crippen LogP contribution < -0.4 is 5.43 Å². The van der Waals surface area contributed by atoms with Crippen molar-refractivity contribution in [3.63, 3.8) is 0 Å². The molecule has 2 rings (SSSR count). The van der Waals surface area contributed by atoms with Gasteiger partial charge in [0.15, 0.2) is 5.43 Å². The fourth-order valence-corrected chi connectivity index (χ4v) is 1.99. The van der Waals surface area contributed by atoms with Gasteiger partial charge in [0.05, 0.1) is 17.7 Å². The molecule has 2 aromatic rings. The van der Waals surface area contributed by atoms with Crippen LogP contribution in [0.2, 0.25) is 0 Å². The van der Waals surface area contributed by atoms with Gasteiger partial charge in [-0.1, -0.05) is 0 Å². The second-order valence-corrected chi connectivity index (χ2v) is 4.20. The number of hydrogen-bond donors (Lipinski definition) is 0. The molecular formula is C14H15NO3. The molecule has 94 valence electrons. The summed E-state index contributed by atoms with van der Waals surface area (Å²) < 4.78 is 6.79. The lowest BCUT2D eigenvalue weighted by Crippen LogP contribution is -2.12. The Morgan fingerprint density at radius 1 is 1.39 bits per heavy atom. The first kappa shape index (κ1) is 12.4. The van der Waals surface area contributed by atoms with Crippen LogP contribution >= 0.6 is 0 Å². The maximum absolute atomic E-state index is 12.0. The molecule has 0 aliphatic carbocycles. The largest absolute Gasteiger partial charge is 0.462 e. The van der Waals surface area contributed by atoms with E-state index >= 15 is 0 Å². The highest BCUT2D eigenvalue weighted by molar-refractivity contribution is 5.94. The average molecular weight is 245 g/mol. The smallest absolute Gasteiger partial charge is 0.338 e. The molecule has 0 atom stereocenters. The molecule has 0 fully saturated rings. The molecule has 0 saturated carbocycles. The zero-order valence-electron chi connectivity index (χ0n) is 10.7. The number of carbonyl (C=O) groups is 1. The van der Waals surface area contributed by atoms with E-state index in [1.807, 2.05) is 11.6 Å². The molecule has 0 aliphatic rings. The number of benzene rings is 1. The van der Waals surface area contributed by atoms with Gasteiger partial charge in [-0.15, -0.1) is 0 Å². The highest BCUT2D eigenvalue weighted by Crippen LogP contribution is 2.14. The van der Waals surface area contributed by atoms with Crippen molar-refractivity contribution >= 4 is 16.9 Å². The molecule has 0 N–H and O–H groups in total. The zero-order chi connectivity index (χ0) is 13.3. The van der Waals surface area contributed by atoms with Crippen molar-refractivity contribution in [2.75, 3.05) is 6.61 Å². The molecule has 4 heteroatoms. The summed E-state index contributed by atoms with van der Waals surface area (Å²) in [6, 6.07) is 4.99. The Hall–Kier alpha value is -2.10. The number of fused-ring (bicyclic) bond motifs is 1. The van der Waals surface area contributed by atoms with E-state index in [9.17, 15) is 9.59 Å². The lowest BCUT2D eigenvalue weighted by atomic mass is 10.1. The fourth-order valence-electron chi connectivity index (χ4n) is 1.99. The molecule has 0 aliphatic heterocycles. The fraction of sp³-hybridized carbons (Fsp3) is 0.286. The van der Waals surface area contributed by atoms with Crippen LogP contribution in [-0.4, -0.2) is 17.1 Å². The van der Waals surface area contributed by atoms with Gasteiger partial charge in [0.2, 0.25) is 0 Å². The predicted octanol–water partition coefficient (Wildman–Crippen LogP) is 2.02. The number of esters is 1. The van der Waals surface area contributed by atoms with Crippen LogP contribution in [0.15, 0.2) is 29.2 Å². The molecular weight excluding hydrogens is 230 g/mol. The second-order valence-electron chi connectivity index (χ2n) is 4.20. The first-order valence-electron chi connectivity index (χ1n) is 5.81. The van der Waals surface area contributed by atoms with E-state index in [0.29, 0.717) is 23.1 Å². The third-order valence-electron chi connectivity index (χ3n) is 2.88. The summed E-state index contributed by atoms with van der Waals surface area (Å²) >= 11 is 0. The summed E-state index contributed by atoms with van der Waals surface area (Å²) in [5.41, 5.74) is 1.88. The molecule has 0 unspecified atom stereocenters. The summed E-state index contributed by atoms with van der Waals surface area (Å²) in [6.45, 7) is 3.88. The Kier molecular flexibility index (Phi) is 3.19. The van der Waals surface area contributed by atoms with Gasteiger partial charge in [-0.3, -0.25) is 4.79 Å². The van der Waals surface area contributed by atoms with Crippen LogP contribution in [0.1, 0.15) is 22.8 Å². The van der Waals surface area contributed by atoms with Gasteiger partial charge < -0.3 is 9.30 Å². The number of nitrogens with zero attached hydrogens (tertiary/aromatic N) is 1. The molecule has 0 radical (unpaired) electrons. The minimum absolute atomic E-state index is 0.00138. The molecule has 4 nitrogen and oxygen atoms in total. The summed E-state index contributed by atoms with van der Waals surface area (Å²) in [5, 5.41) is 0.616. The maximum Gasteiger partial charge on any atom is 0.338 e. The van der Waals surface area contributed by atoms with Crippen molar-refractivity contribution in [3.8, 4) is 0 Å². The lowest BCUT2D eigenvalue weighted by molar-refractivity contribution is 0.0526. The van der Waals surface area contributed by atoms with Crippen LogP contribution in [0.5, 0.6) is 0 Å². The zero-order valence-corrected chi connectivity index (χ0v) is 10.7. The molecule has 0 spiro atoms. The Labute approximate surface area is 105 Å². The molecule has 18 heavy (non-hydrogen) atoms. The maximum atomic E-state index is 12.0. The van der Waals surface area contributed by atoms with Crippen LogP contribution in [0.3, 0.4) is 0 Å². The number of rotatable bonds is 2.